The van der Waals surface area contributed by atoms with Crippen LogP contribution in [0.5, 0.6) is 0 Å². The van der Waals surface area contributed by atoms with E-state index in [0.29, 0.717) is 0 Å². The average Bonchev–Trinajstić information content (AvgIpc) is 2.56. The van der Waals surface area contributed by atoms with Crippen LogP contribution in [0.4, 0.5) is 5.69 Å². The summed E-state index contributed by atoms with van der Waals surface area (Å²) in [6.45, 7) is 4.00. The van der Waals surface area contributed by atoms with E-state index in [0.717, 1.165) is 27.8 Å². The molecule has 0 heterocycles. The highest BCUT2D eigenvalue weighted by atomic mass is 16.1. The second-order valence-corrected chi connectivity index (χ2v) is 5.71. The van der Waals surface area contributed by atoms with Crippen LogP contribution in [-0.4, -0.2) is 5.91 Å². The number of benzene rings is 3. The van der Waals surface area contributed by atoms with Gasteiger partial charge in [0.2, 0.25) is 5.91 Å². The van der Waals surface area contributed by atoms with Crippen molar-refractivity contribution in [3.63, 3.8) is 0 Å². The van der Waals surface area contributed by atoms with Crippen LogP contribution in [-0.2, 0) is 4.79 Å². The monoisotopic (exact) mass is 301 g/mol. The Balaban J connectivity index is 1.82. The van der Waals surface area contributed by atoms with Crippen molar-refractivity contribution in [1.29, 1.82) is 0 Å². The molecule has 2 nitrogen and oxygen atoms in total. The quantitative estimate of drug-likeness (QED) is 0.669. The minimum absolute atomic E-state index is 0.119. The van der Waals surface area contributed by atoms with Crippen LogP contribution in [0.25, 0.3) is 16.8 Å². The summed E-state index contributed by atoms with van der Waals surface area (Å²) in [5.74, 6) is -0.119. The first-order valence-electron chi connectivity index (χ1n) is 7.67. The third kappa shape index (κ3) is 3.49. The Labute approximate surface area is 136 Å². The predicted molar refractivity (Wildman–Crippen MR) is 97.5 cm³/mol. The molecule has 0 bridgehead atoms. The Morgan fingerprint density at radius 3 is 2.61 bits per heavy atom. The van der Waals surface area contributed by atoms with E-state index < -0.39 is 0 Å². The van der Waals surface area contributed by atoms with Gasteiger partial charge in [0.25, 0.3) is 0 Å². The largest absolute Gasteiger partial charge is 0.322 e. The highest BCUT2D eigenvalue weighted by molar-refractivity contribution is 6.04. The maximum absolute atomic E-state index is 12.2. The zero-order chi connectivity index (χ0) is 16.2. The van der Waals surface area contributed by atoms with Gasteiger partial charge in [-0.05, 0) is 53.5 Å². The van der Waals surface area contributed by atoms with Crippen LogP contribution in [0.15, 0.2) is 66.7 Å². The molecule has 0 aliphatic rings. The standard InChI is InChI=1S/C21H19NO/c1-15-10-11-16(2)20(14-15)22-21(23)13-12-18-8-5-7-17-6-3-4-9-19(17)18/h3-14H,1-2H3,(H,22,23). The molecule has 0 saturated carbocycles. The van der Waals surface area contributed by atoms with Crippen molar-refractivity contribution in [2.75, 3.05) is 5.32 Å². The number of rotatable bonds is 3. The molecule has 0 atom stereocenters. The Kier molecular flexibility index (Phi) is 4.24. The lowest BCUT2D eigenvalue weighted by Crippen LogP contribution is -2.09. The molecule has 114 valence electrons. The fraction of sp³-hybridized carbons (Fsp3) is 0.0952. The van der Waals surface area contributed by atoms with E-state index in [1.54, 1.807) is 6.08 Å². The number of nitrogens with one attached hydrogen (secondary N) is 1. The van der Waals surface area contributed by atoms with Gasteiger partial charge in [-0.3, -0.25) is 4.79 Å². The summed E-state index contributed by atoms with van der Waals surface area (Å²) in [6, 6.07) is 20.3. The SMILES string of the molecule is Cc1ccc(C)c(NC(=O)C=Cc2cccc3ccccc23)c1. The summed E-state index contributed by atoms with van der Waals surface area (Å²) >= 11 is 0. The highest BCUT2D eigenvalue weighted by Crippen LogP contribution is 2.20. The van der Waals surface area contributed by atoms with Crippen molar-refractivity contribution in [1.82, 2.24) is 0 Å². The Hall–Kier alpha value is -2.87. The summed E-state index contributed by atoms with van der Waals surface area (Å²) in [5, 5.41) is 5.26. The summed E-state index contributed by atoms with van der Waals surface area (Å²) in [4.78, 5) is 12.2. The van der Waals surface area contributed by atoms with Crippen LogP contribution < -0.4 is 5.32 Å². The van der Waals surface area contributed by atoms with E-state index in [4.69, 9.17) is 0 Å². The average molecular weight is 301 g/mol. The molecule has 0 unspecified atom stereocenters. The molecule has 0 fully saturated rings. The maximum Gasteiger partial charge on any atom is 0.248 e. The third-order valence-electron chi connectivity index (χ3n) is 3.89. The molecule has 0 radical (unpaired) electrons. The molecular formula is C21H19NO. The molecule has 3 aromatic carbocycles. The van der Waals surface area contributed by atoms with E-state index in [1.165, 1.54) is 5.39 Å². The number of fused-ring (bicyclic) bond motifs is 1. The van der Waals surface area contributed by atoms with Crippen LogP contribution in [0.3, 0.4) is 0 Å². The Morgan fingerprint density at radius 1 is 0.957 bits per heavy atom. The summed E-state index contributed by atoms with van der Waals surface area (Å²) in [5.41, 5.74) is 4.09. The van der Waals surface area contributed by atoms with E-state index in [9.17, 15) is 4.79 Å². The molecule has 1 amide bonds. The Morgan fingerprint density at radius 2 is 1.74 bits per heavy atom. The number of carbonyl (C=O) groups excluding carboxylic acids is 1. The minimum Gasteiger partial charge on any atom is -0.322 e. The van der Waals surface area contributed by atoms with E-state index in [-0.39, 0.29) is 5.91 Å². The van der Waals surface area contributed by atoms with Gasteiger partial charge in [-0.1, -0.05) is 54.6 Å². The summed E-state index contributed by atoms with van der Waals surface area (Å²) < 4.78 is 0. The summed E-state index contributed by atoms with van der Waals surface area (Å²) in [6.07, 6.45) is 3.45. The molecule has 3 rings (SSSR count). The third-order valence-corrected chi connectivity index (χ3v) is 3.89. The first kappa shape index (κ1) is 15.0. The van der Waals surface area contributed by atoms with Gasteiger partial charge in [0.05, 0.1) is 0 Å². The van der Waals surface area contributed by atoms with Crippen molar-refractivity contribution in [3.8, 4) is 0 Å². The molecule has 23 heavy (non-hydrogen) atoms. The fourth-order valence-electron chi connectivity index (χ4n) is 2.61. The second kappa shape index (κ2) is 6.49. The van der Waals surface area contributed by atoms with Gasteiger partial charge in [-0.15, -0.1) is 0 Å². The lowest BCUT2D eigenvalue weighted by Gasteiger charge is -2.07. The van der Waals surface area contributed by atoms with E-state index in [2.05, 4.69) is 23.5 Å². The topological polar surface area (TPSA) is 29.1 Å². The van der Waals surface area contributed by atoms with E-state index in [1.807, 2.05) is 62.4 Å². The molecule has 0 aliphatic heterocycles. The van der Waals surface area contributed by atoms with Gasteiger partial charge >= 0.3 is 0 Å². The zero-order valence-corrected chi connectivity index (χ0v) is 13.3. The number of aryl methyl sites for hydroxylation is 2. The van der Waals surface area contributed by atoms with Gasteiger partial charge in [0.1, 0.15) is 0 Å². The van der Waals surface area contributed by atoms with Gasteiger partial charge in [-0.2, -0.15) is 0 Å². The molecule has 0 aromatic heterocycles. The molecular weight excluding hydrogens is 282 g/mol. The van der Waals surface area contributed by atoms with Crippen LogP contribution in [0, 0.1) is 13.8 Å². The van der Waals surface area contributed by atoms with Crippen molar-refractivity contribution >= 4 is 28.4 Å². The zero-order valence-electron chi connectivity index (χ0n) is 13.3. The first-order valence-corrected chi connectivity index (χ1v) is 7.67. The molecule has 0 saturated heterocycles. The fourth-order valence-corrected chi connectivity index (χ4v) is 2.61. The molecule has 0 aliphatic carbocycles. The smallest absolute Gasteiger partial charge is 0.248 e. The van der Waals surface area contributed by atoms with Crippen molar-refractivity contribution in [3.05, 3.63) is 83.4 Å². The van der Waals surface area contributed by atoms with Gasteiger partial charge in [-0.25, -0.2) is 0 Å². The highest BCUT2D eigenvalue weighted by Gasteiger charge is 2.02. The minimum atomic E-state index is -0.119. The van der Waals surface area contributed by atoms with Crippen LogP contribution >= 0.6 is 0 Å². The molecule has 1 N–H and O–H groups in total. The number of hydrogen-bond donors (Lipinski definition) is 1. The number of hydrogen-bond acceptors (Lipinski definition) is 1. The second-order valence-electron chi connectivity index (χ2n) is 5.71. The van der Waals surface area contributed by atoms with Crippen molar-refractivity contribution in [2.45, 2.75) is 13.8 Å². The van der Waals surface area contributed by atoms with Crippen LogP contribution in [0.1, 0.15) is 16.7 Å². The lowest BCUT2D eigenvalue weighted by molar-refractivity contribution is -0.111. The van der Waals surface area contributed by atoms with Crippen molar-refractivity contribution in [2.24, 2.45) is 0 Å². The van der Waals surface area contributed by atoms with E-state index >= 15 is 0 Å². The predicted octanol–water partition coefficient (Wildman–Crippen LogP) is 5.11. The number of anilines is 1. The number of amides is 1. The lowest BCUT2D eigenvalue weighted by atomic mass is 10.0. The molecule has 3 aromatic rings. The van der Waals surface area contributed by atoms with Gasteiger partial charge in [0.15, 0.2) is 0 Å². The Bertz CT molecular complexity index is 888. The summed E-state index contributed by atoms with van der Waals surface area (Å²) in [7, 11) is 0. The number of carbonyl (C=O) groups is 1. The first-order chi connectivity index (χ1) is 11.1. The molecule has 2 heteroatoms. The van der Waals surface area contributed by atoms with Crippen molar-refractivity contribution < 1.29 is 4.79 Å². The van der Waals surface area contributed by atoms with Gasteiger partial charge in [0, 0.05) is 11.8 Å². The molecule has 0 spiro atoms. The van der Waals surface area contributed by atoms with Gasteiger partial charge < -0.3 is 5.32 Å². The van der Waals surface area contributed by atoms with Crippen LogP contribution in [0.2, 0.25) is 0 Å². The maximum atomic E-state index is 12.2. The normalized spacial score (nSPS) is 11.0.